The summed E-state index contributed by atoms with van der Waals surface area (Å²) >= 11 is 6.33. The maximum Gasteiger partial charge on any atom is 0.179 e. The first-order chi connectivity index (χ1) is 10.3. The fourth-order valence-corrected chi connectivity index (χ4v) is 2.37. The number of benzene rings is 1. The number of nitrogens with zero attached hydrogens (tertiary/aromatic N) is 1. The first kappa shape index (κ1) is 15.6. The Morgan fingerprint density at radius 2 is 2.05 bits per heavy atom. The van der Waals surface area contributed by atoms with Crippen molar-refractivity contribution in [2.24, 2.45) is 0 Å². The standard InChI is InChI=1S/C16H19ClN2O2/c1-20-14-6-5-13(15(17)16(14)21-2)11-19-9-7-12-4-3-8-18-10-12/h3-6,8,10,19H,7,9,11H2,1-2H3. The highest BCUT2D eigenvalue weighted by Crippen LogP contribution is 2.37. The molecule has 0 bridgehead atoms. The van der Waals surface area contributed by atoms with Gasteiger partial charge < -0.3 is 14.8 Å². The zero-order valence-corrected chi connectivity index (χ0v) is 13.0. The van der Waals surface area contributed by atoms with Crippen LogP contribution in [0.5, 0.6) is 11.5 Å². The minimum absolute atomic E-state index is 0.575. The second-order valence-corrected chi connectivity index (χ2v) is 4.94. The molecule has 0 saturated heterocycles. The fraction of sp³-hybridized carbons (Fsp3) is 0.312. The topological polar surface area (TPSA) is 43.4 Å². The third-order valence-electron chi connectivity index (χ3n) is 3.19. The van der Waals surface area contributed by atoms with E-state index < -0.39 is 0 Å². The first-order valence-corrected chi connectivity index (χ1v) is 7.13. The molecule has 0 aliphatic heterocycles. The van der Waals surface area contributed by atoms with E-state index in [-0.39, 0.29) is 0 Å². The van der Waals surface area contributed by atoms with Gasteiger partial charge in [-0.1, -0.05) is 23.7 Å². The Kier molecular flexibility index (Phi) is 5.84. The van der Waals surface area contributed by atoms with Crippen molar-refractivity contribution in [2.75, 3.05) is 20.8 Å². The van der Waals surface area contributed by atoms with E-state index in [4.69, 9.17) is 21.1 Å². The average molecular weight is 307 g/mol. The molecule has 2 aromatic rings. The normalized spacial score (nSPS) is 10.4. The van der Waals surface area contributed by atoms with Gasteiger partial charge in [0.15, 0.2) is 11.5 Å². The lowest BCUT2D eigenvalue weighted by atomic mass is 10.2. The van der Waals surface area contributed by atoms with E-state index in [2.05, 4.69) is 16.4 Å². The van der Waals surface area contributed by atoms with Crippen LogP contribution in [0.4, 0.5) is 0 Å². The number of nitrogens with one attached hydrogen (secondary N) is 1. The smallest absolute Gasteiger partial charge is 0.179 e. The average Bonchev–Trinajstić information content (AvgIpc) is 2.53. The van der Waals surface area contributed by atoms with Crippen molar-refractivity contribution in [3.05, 3.63) is 52.8 Å². The van der Waals surface area contributed by atoms with Gasteiger partial charge in [-0.05, 0) is 36.2 Å². The van der Waals surface area contributed by atoms with Crippen LogP contribution in [-0.2, 0) is 13.0 Å². The molecule has 0 aliphatic rings. The molecule has 0 radical (unpaired) electrons. The lowest BCUT2D eigenvalue weighted by Gasteiger charge is -2.13. The van der Waals surface area contributed by atoms with Gasteiger partial charge in [-0.3, -0.25) is 4.98 Å². The van der Waals surface area contributed by atoms with E-state index in [9.17, 15) is 0 Å². The third kappa shape index (κ3) is 4.09. The number of halogens is 1. The summed E-state index contributed by atoms with van der Waals surface area (Å²) in [5.41, 5.74) is 2.20. The summed E-state index contributed by atoms with van der Waals surface area (Å²) in [5, 5.41) is 3.96. The highest BCUT2D eigenvalue weighted by molar-refractivity contribution is 6.33. The Morgan fingerprint density at radius 3 is 2.71 bits per heavy atom. The van der Waals surface area contributed by atoms with Crippen molar-refractivity contribution in [3.8, 4) is 11.5 Å². The first-order valence-electron chi connectivity index (χ1n) is 6.75. The number of hydrogen-bond acceptors (Lipinski definition) is 4. The third-order valence-corrected chi connectivity index (χ3v) is 3.61. The van der Waals surface area contributed by atoms with Crippen LogP contribution in [0.15, 0.2) is 36.7 Å². The summed E-state index contributed by atoms with van der Waals surface area (Å²) in [6.07, 6.45) is 4.59. The highest BCUT2D eigenvalue weighted by Gasteiger charge is 2.12. The maximum atomic E-state index is 6.33. The molecular weight excluding hydrogens is 288 g/mol. The molecular formula is C16H19ClN2O2. The van der Waals surface area contributed by atoms with E-state index in [1.165, 1.54) is 5.56 Å². The Labute approximate surface area is 130 Å². The van der Waals surface area contributed by atoms with Crippen molar-refractivity contribution in [3.63, 3.8) is 0 Å². The van der Waals surface area contributed by atoms with Gasteiger partial charge in [0.1, 0.15) is 0 Å². The Balaban J connectivity index is 1.91. The molecule has 0 aliphatic carbocycles. The molecule has 21 heavy (non-hydrogen) atoms. The van der Waals surface area contributed by atoms with Gasteiger partial charge in [-0.2, -0.15) is 0 Å². The quantitative estimate of drug-likeness (QED) is 0.798. The number of methoxy groups -OCH3 is 2. The van der Waals surface area contributed by atoms with Crippen molar-refractivity contribution in [1.29, 1.82) is 0 Å². The number of aromatic nitrogens is 1. The maximum absolute atomic E-state index is 6.33. The summed E-state index contributed by atoms with van der Waals surface area (Å²) < 4.78 is 10.5. The Hall–Kier alpha value is -1.78. The number of ether oxygens (including phenoxy) is 2. The van der Waals surface area contributed by atoms with Crippen molar-refractivity contribution in [2.45, 2.75) is 13.0 Å². The molecule has 112 valence electrons. The van der Waals surface area contributed by atoms with E-state index in [0.29, 0.717) is 23.1 Å². The molecule has 0 spiro atoms. The van der Waals surface area contributed by atoms with Crippen LogP contribution in [-0.4, -0.2) is 25.7 Å². The lowest BCUT2D eigenvalue weighted by molar-refractivity contribution is 0.354. The van der Waals surface area contributed by atoms with Gasteiger partial charge in [-0.25, -0.2) is 0 Å². The van der Waals surface area contributed by atoms with E-state index >= 15 is 0 Å². The molecule has 1 aromatic carbocycles. The van der Waals surface area contributed by atoms with Gasteiger partial charge in [0, 0.05) is 18.9 Å². The largest absolute Gasteiger partial charge is 0.493 e. The van der Waals surface area contributed by atoms with Crippen molar-refractivity contribution < 1.29 is 9.47 Å². The van der Waals surface area contributed by atoms with E-state index in [0.717, 1.165) is 18.5 Å². The summed E-state index contributed by atoms with van der Waals surface area (Å²) in [5.74, 6) is 1.22. The molecule has 0 amide bonds. The fourth-order valence-electron chi connectivity index (χ4n) is 2.07. The van der Waals surface area contributed by atoms with Gasteiger partial charge in [0.2, 0.25) is 0 Å². The molecule has 2 rings (SSSR count). The minimum atomic E-state index is 0.575. The predicted octanol–water partition coefficient (Wildman–Crippen LogP) is 3.08. The van der Waals surface area contributed by atoms with Crippen LogP contribution in [0.1, 0.15) is 11.1 Å². The van der Waals surface area contributed by atoms with Crippen LogP contribution in [0.2, 0.25) is 5.02 Å². The number of pyridine rings is 1. The number of rotatable bonds is 7. The van der Waals surface area contributed by atoms with E-state index in [1.807, 2.05) is 24.4 Å². The molecule has 0 fully saturated rings. The van der Waals surface area contributed by atoms with Crippen LogP contribution in [0.25, 0.3) is 0 Å². The summed E-state index contributed by atoms with van der Waals surface area (Å²) in [4.78, 5) is 4.10. The molecule has 0 saturated carbocycles. The Morgan fingerprint density at radius 1 is 1.19 bits per heavy atom. The zero-order valence-electron chi connectivity index (χ0n) is 12.2. The van der Waals surface area contributed by atoms with Crippen LogP contribution < -0.4 is 14.8 Å². The van der Waals surface area contributed by atoms with Crippen LogP contribution in [0.3, 0.4) is 0 Å². The number of hydrogen-bond donors (Lipinski definition) is 1. The molecule has 5 heteroatoms. The van der Waals surface area contributed by atoms with Crippen molar-refractivity contribution in [1.82, 2.24) is 10.3 Å². The second-order valence-electron chi connectivity index (χ2n) is 4.56. The molecule has 0 atom stereocenters. The lowest BCUT2D eigenvalue weighted by Crippen LogP contribution is -2.17. The van der Waals surface area contributed by atoms with Crippen molar-refractivity contribution >= 4 is 11.6 Å². The summed E-state index contributed by atoms with van der Waals surface area (Å²) in [6.45, 7) is 1.54. The molecule has 1 aromatic heterocycles. The van der Waals surface area contributed by atoms with Crippen LogP contribution in [0, 0.1) is 0 Å². The van der Waals surface area contributed by atoms with Gasteiger partial charge >= 0.3 is 0 Å². The molecule has 0 unspecified atom stereocenters. The molecule has 4 nitrogen and oxygen atoms in total. The summed E-state index contributed by atoms with van der Waals surface area (Å²) in [6, 6.07) is 7.82. The summed E-state index contributed by atoms with van der Waals surface area (Å²) in [7, 11) is 3.18. The monoisotopic (exact) mass is 306 g/mol. The molecule has 1 heterocycles. The van der Waals surface area contributed by atoms with Gasteiger partial charge in [0.05, 0.1) is 19.2 Å². The van der Waals surface area contributed by atoms with Gasteiger partial charge in [0.25, 0.3) is 0 Å². The Bertz CT molecular complexity index is 576. The predicted molar refractivity (Wildman–Crippen MR) is 84.2 cm³/mol. The highest BCUT2D eigenvalue weighted by atomic mass is 35.5. The van der Waals surface area contributed by atoms with E-state index in [1.54, 1.807) is 20.4 Å². The van der Waals surface area contributed by atoms with Gasteiger partial charge in [-0.15, -0.1) is 0 Å². The van der Waals surface area contributed by atoms with Crippen LogP contribution >= 0.6 is 11.6 Å². The molecule has 1 N–H and O–H groups in total. The SMILES string of the molecule is COc1ccc(CNCCc2cccnc2)c(Cl)c1OC. The zero-order chi connectivity index (χ0) is 15.1. The second kappa shape index (κ2) is 7.86. The minimum Gasteiger partial charge on any atom is -0.493 e.